The molecular weight excluding hydrogens is 1120 g/mol. The molecule has 0 aliphatic carbocycles. The summed E-state index contributed by atoms with van der Waals surface area (Å²) in [5, 5.41) is 5.70. The van der Waals surface area contributed by atoms with Crippen molar-refractivity contribution in [3.8, 4) is 84.6 Å². The van der Waals surface area contributed by atoms with E-state index in [4.69, 9.17) is 15.0 Å². The summed E-state index contributed by atoms with van der Waals surface area (Å²) >= 11 is 0. The van der Waals surface area contributed by atoms with Gasteiger partial charge in [-0.25, -0.2) is 15.0 Å². The monoisotopic (exact) mass is 1170 g/mol. The number of fused-ring (bicyclic) bond motifs is 9. The van der Waals surface area contributed by atoms with Gasteiger partial charge in [0.25, 0.3) is 0 Å². The van der Waals surface area contributed by atoms with Gasteiger partial charge in [0.05, 0.1) is 49.9 Å². The standard InChI is InChI=1S/C77H46F6N6/c78-76(79,80)53-38-39-56(65(46-53)77(81,82)83)51-37-40-71-64(43-51)61-31-11-16-36-70(61)89(71)72-62(49-23-17-25-54(41-49)87-66-32-12-7-27-57(66)58-28-8-13-33-67(58)87)44-52(75-85-73(47-19-3-1-4-20-47)84-74(86-75)48-21-5-2-6-22-48)45-63(72)50-24-18-26-55(42-50)88-68-34-14-9-29-59(68)60-30-10-15-35-69(60)88/h1-46H. The van der Waals surface area contributed by atoms with Crippen LogP contribution < -0.4 is 0 Å². The Kier molecular flexibility index (Phi) is 12.3. The maximum atomic E-state index is 15.0. The molecule has 16 aromatic rings. The molecule has 0 atom stereocenters. The van der Waals surface area contributed by atoms with Gasteiger partial charge in [-0.3, -0.25) is 0 Å². The van der Waals surface area contributed by atoms with Gasteiger partial charge in [-0.05, 0) is 113 Å². The third kappa shape index (κ3) is 9.01. The van der Waals surface area contributed by atoms with Crippen molar-refractivity contribution >= 4 is 65.4 Å². The molecule has 4 heterocycles. The summed E-state index contributed by atoms with van der Waals surface area (Å²) in [6.45, 7) is 0. The molecule has 0 saturated heterocycles. The zero-order chi connectivity index (χ0) is 60.1. The van der Waals surface area contributed by atoms with E-state index in [1.54, 1.807) is 18.2 Å². The van der Waals surface area contributed by atoms with Crippen LogP contribution in [0.3, 0.4) is 0 Å². The van der Waals surface area contributed by atoms with E-state index in [0.717, 1.165) is 106 Å². The van der Waals surface area contributed by atoms with Gasteiger partial charge in [0.2, 0.25) is 0 Å². The first kappa shape index (κ1) is 53.1. The van der Waals surface area contributed by atoms with Crippen LogP contribution in [-0.2, 0) is 12.4 Å². The lowest BCUT2D eigenvalue weighted by atomic mass is 9.91. The van der Waals surface area contributed by atoms with Crippen molar-refractivity contribution in [2.75, 3.05) is 0 Å². The van der Waals surface area contributed by atoms with Crippen LogP contribution in [-0.4, -0.2) is 28.7 Å². The van der Waals surface area contributed by atoms with Gasteiger partial charge in [-0.15, -0.1) is 0 Å². The van der Waals surface area contributed by atoms with Gasteiger partial charge in [-0.1, -0.05) is 188 Å². The maximum Gasteiger partial charge on any atom is 0.417 e. The largest absolute Gasteiger partial charge is 0.417 e. The zero-order valence-electron chi connectivity index (χ0n) is 47.0. The normalized spacial score (nSPS) is 12.2. The smallest absolute Gasteiger partial charge is 0.309 e. The Morgan fingerprint density at radius 2 is 0.618 bits per heavy atom. The minimum atomic E-state index is -5.10. The molecule has 0 radical (unpaired) electrons. The van der Waals surface area contributed by atoms with Gasteiger partial charge in [0.15, 0.2) is 17.5 Å². The Hall–Kier alpha value is -11.4. The second kappa shape index (κ2) is 20.7. The number of alkyl halides is 6. The lowest BCUT2D eigenvalue weighted by Gasteiger charge is -2.22. The molecule has 0 aliphatic heterocycles. The van der Waals surface area contributed by atoms with Crippen molar-refractivity contribution < 1.29 is 26.3 Å². The number of halogens is 6. The van der Waals surface area contributed by atoms with Crippen LogP contribution in [0.5, 0.6) is 0 Å². The summed E-state index contributed by atoms with van der Waals surface area (Å²) in [4.78, 5) is 15.7. The van der Waals surface area contributed by atoms with Crippen LogP contribution >= 0.6 is 0 Å². The number of rotatable bonds is 9. The number of para-hydroxylation sites is 5. The predicted octanol–water partition coefficient (Wildman–Crippen LogP) is 21.2. The Labute approximate surface area is 505 Å². The first-order valence-electron chi connectivity index (χ1n) is 29.0. The van der Waals surface area contributed by atoms with Crippen molar-refractivity contribution in [1.29, 1.82) is 0 Å². The number of nitrogens with zero attached hydrogens (tertiary/aromatic N) is 6. The van der Waals surface area contributed by atoms with Crippen LogP contribution in [0.1, 0.15) is 11.1 Å². The molecule has 0 amide bonds. The summed E-state index contributed by atoms with van der Waals surface area (Å²) in [5.74, 6) is 1.36. The fourth-order valence-electron chi connectivity index (χ4n) is 13.0. The molecule has 426 valence electrons. The number of benzene rings is 12. The van der Waals surface area contributed by atoms with Crippen molar-refractivity contribution in [3.05, 3.63) is 290 Å². The molecule has 0 unspecified atom stereocenters. The molecule has 6 nitrogen and oxygen atoms in total. The van der Waals surface area contributed by atoms with Crippen molar-refractivity contribution in [3.63, 3.8) is 0 Å². The molecule has 0 saturated carbocycles. The van der Waals surface area contributed by atoms with E-state index < -0.39 is 23.5 Å². The van der Waals surface area contributed by atoms with Crippen LogP contribution in [0.15, 0.2) is 279 Å². The first-order chi connectivity index (χ1) is 43.4. The molecule has 4 aromatic heterocycles. The maximum absolute atomic E-state index is 15.0. The molecular formula is C77H46F6N6. The van der Waals surface area contributed by atoms with E-state index in [1.165, 1.54) is 0 Å². The van der Waals surface area contributed by atoms with E-state index >= 15 is 13.2 Å². The highest BCUT2D eigenvalue weighted by molar-refractivity contribution is 6.13. The highest BCUT2D eigenvalue weighted by Crippen LogP contribution is 2.48. The Morgan fingerprint density at radius 3 is 1.06 bits per heavy atom. The Bertz CT molecular complexity index is 5140. The third-order valence-corrected chi connectivity index (χ3v) is 16.9. The summed E-state index contributed by atoms with van der Waals surface area (Å²) in [5.41, 5.74) is 10.4. The van der Waals surface area contributed by atoms with E-state index in [0.29, 0.717) is 45.4 Å². The van der Waals surface area contributed by atoms with Gasteiger partial charge in [-0.2, -0.15) is 26.3 Å². The molecule has 0 N–H and O–H groups in total. The summed E-state index contributed by atoms with van der Waals surface area (Å²) in [6, 6.07) is 88.7. The van der Waals surface area contributed by atoms with Crippen LogP contribution in [0.4, 0.5) is 26.3 Å². The topological polar surface area (TPSA) is 53.5 Å². The lowest BCUT2D eigenvalue weighted by molar-refractivity contribution is -0.142. The number of hydrogen-bond donors (Lipinski definition) is 0. The molecule has 0 spiro atoms. The SMILES string of the molecule is FC(F)(F)c1ccc(-c2ccc3c(c2)c2ccccc2n3-c2c(-c3cccc(-n4c5ccccc5c5ccccc54)c3)cc(-c3nc(-c4ccccc4)nc(-c4ccccc4)n3)cc2-c2cccc(-n3c4ccccc4c4ccccc43)c2)c(C(F)(F)F)c1. The van der Waals surface area contributed by atoms with E-state index in [-0.39, 0.29) is 17.2 Å². The van der Waals surface area contributed by atoms with Crippen LogP contribution in [0.2, 0.25) is 0 Å². The Morgan fingerprint density at radius 1 is 0.247 bits per heavy atom. The van der Waals surface area contributed by atoms with Gasteiger partial charge < -0.3 is 13.7 Å². The lowest BCUT2D eigenvalue weighted by Crippen LogP contribution is -2.12. The summed E-state index contributed by atoms with van der Waals surface area (Å²) in [6.07, 6.45) is -10.1. The fraction of sp³-hybridized carbons (Fsp3) is 0.0260. The van der Waals surface area contributed by atoms with Gasteiger partial charge in [0, 0.05) is 71.5 Å². The van der Waals surface area contributed by atoms with E-state index in [2.05, 4.69) is 123 Å². The second-order valence-electron chi connectivity index (χ2n) is 22.1. The second-order valence-corrected chi connectivity index (χ2v) is 22.1. The molecule has 89 heavy (non-hydrogen) atoms. The minimum absolute atomic E-state index is 0.105. The Balaban J connectivity index is 1.03. The van der Waals surface area contributed by atoms with Crippen LogP contribution in [0.25, 0.3) is 150 Å². The van der Waals surface area contributed by atoms with Gasteiger partial charge >= 0.3 is 12.4 Å². The average Bonchev–Trinajstić information content (AvgIpc) is 1.73. The third-order valence-electron chi connectivity index (χ3n) is 16.9. The summed E-state index contributed by atoms with van der Waals surface area (Å²) in [7, 11) is 0. The van der Waals surface area contributed by atoms with E-state index in [1.807, 2.05) is 133 Å². The minimum Gasteiger partial charge on any atom is -0.309 e. The van der Waals surface area contributed by atoms with Crippen molar-refractivity contribution in [1.82, 2.24) is 28.7 Å². The fourth-order valence-corrected chi connectivity index (χ4v) is 13.0. The highest BCUT2D eigenvalue weighted by atomic mass is 19.4. The van der Waals surface area contributed by atoms with Crippen LogP contribution in [0, 0.1) is 0 Å². The summed E-state index contributed by atoms with van der Waals surface area (Å²) < 4.78 is 94.1. The zero-order valence-corrected chi connectivity index (χ0v) is 47.0. The van der Waals surface area contributed by atoms with E-state index in [9.17, 15) is 13.2 Å². The van der Waals surface area contributed by atoms with Crippen molar-refractivity contribution in [2.45, 2.75) is 12.4 Å². The first-order valence-corrected chi connectivity index (χ1v) is 29.0. The average molecular weight is 1170 g/mol. The highest BCUT2D eigenvalue weighted by Gasteiger charge is 2.39. The molecule has 0 aliphatic rings. The molecule has 12 aromatic carbocycles. The van der Waals surface area contributed by atoms with Crippen molar-refractivity contribution in [2.24, 2.45) is 0 Å². The molecule has 12 heteroatoms. The molecule has 16 rings (SSSR count). The number of aromatic nitrogens is 6. The molecule has 0 fully saturated rings. The number of hydrogen-bond acceptors (Lipinski definition) is 3. The quantitative estimate of drug-likeness (QED) is 0.135. The molecule has 0 bridgehead atoms. The predicted molar refractivity (Wildman–Crippen MR) is 345 cm³/mol. The van der Waals surface area contributed by atoms with Gasteiger partial charge in [0.1, 0.15) is 0 Å².